The molecule has 1 aliphatic rings. The minimum Gasteiger partial charge on any atom is -0.331 e. The first-order valence-corrected chi connectivity index (χ1v) is 9.54. The first kappa shape index (κ1) is 17.9. The molecule has 130 valence electrons. The molecule has 0 bridgehead atoms. The number of carbonyl (C=O) groups is 1. The Morgan fingerprint density at radius 2 is 2.09 bits per heavy atom. The van der Waals surface area contributed by atoms with E-state index in [2.05, 4.69) is 15.2 Å². The Morgan fingerprint density at radius 1 is 1.39 bits per heavy atom. The van der Waals surface area contributed by atoms with Crippen LogP contribution in [0.5, 0.6) is 0 Å². The van der Waals surface area contributed by atoms with Gasteiger partial charge in [0.25, 0.3) is 0 Å². The summed E-state index contributed by atoms with van der Waals surface area (Å²) in [6, 6.07) is -0.460. The number of aryl methyl sites for hydroxylation is 1. The van der Waals surface area contributed by atoms with Gasteiger partial charge in [0.15, 0.2) is 5.82 Å². The average molecular weight is 343 g/mol. The second kappa shape index (κ2) is 6.96. The molecule has 0 aromatic carbocycles. The number of H-pyrrole nitrogens is 1. The Kier molecular flexibility index (Phi) is 5.41. The zero-order valence-corrected chi connectivity index (χ0v) is 14.9. The highest BCUT2D eigenvalue weighted by atomic mass is 32.2. The van der Waals surface area contributed by atoms with Gasteiger partial charge in [0.1, 0.15) is 11.9 Å². The standard InChI is InChI=1S/C14H25N5O3S/c1-5-23(21,22)18-7-6-8-19(14(20)10(2)3)12(9-18)13-15-11(4)16-17-13/h10,12H,5-9H2,1-4H3,(H,15,16,17). The summed E-state index contributed by atoms with van der Waals surface area (Å²) in [5, 5.41) is 6.94. The van der Waals surface area contributed by atoms with Crippen molar-refractivity contribution in [2.45, 2.75) is 40.2 Å². The SMILES string of the molecule is CCS(=O)(=O)N1CCCN(C(=O)C(C)C)C(c2n[nH]c(C)n2)C1. The van der Waals surface area contributed by atoms with Gasteiger partial charge < -0.3 is 4.90 Å². The number of amides is 1. The van der Waals surface area contributed by atoms with E-state index in [9.17, 15) is 13.2 Å². The fourth-order valence-electron chi connectivity index (χ4n) is 2.72. The van der Waals surface area contributed by atoms with Gasteiger partial charge in [0.05, 0.1) is 5.75 Å². The molecule has 1 aliphatic heterocycles. The third kappa shape index (κ3) is 3.89. The second-order valence-corrected chi connectivity index (χ2v) is 8.35. The van der Waals surface area contributed by atoms with Gasteiger partial charge in [0, 0.05) is 25.6 Å². The lowest BCUT2D eigenvalue weighted by Gasteiger charge is -2.30. The molecule has 1 N–H and O–H groups in total. The van der Waals surface area contributed by atoms with E-state index in [1.165, 1.54) is 4.31 Å². The maximum Gasteiger partial charge on any atom is 0.225 e. The van der Waals surface area contributed by atoms with Crippen LogP contribution in [-0.4, -0.2) is 64.1 Å². The summed E-state index contributed by atoms with van der Waals surface area (Å²) in [6.45, 7) is 8.21. The monoisotopic (exact) mass is 343 g/mol. The predicted octanol–water partition coefficient (Wildman–Crippen LogP) is 0.694. The topological polar surface area (TPSA) is 99.3 Å². The van der Waals surface area contributed by atoms with Crippen LogP contribution >= 0.6 is 0 Å². The number of sulfonamides is 1. The van der Waals surface area contributed by atoms with Gasteiger partial charge in [-0.2, -0.15) is 9.40 Å². The minimum atomic E-state index is -3.32. The molecule has 1 amide bonds. The molecule has 0 spiro atoms. The molecule has 2 rings (SSSR count). The van der Waals surface area contributed by atoms with Crippen LogP contribution in [0.2, 0.25) is 0 Å². The predicted molar refractivity (Wildman–Crippen MR) is 86.1 cm³/mol. The number of nitrogens with one attached hydrogen (secondary N) is 1. The lowest BCUT2D eigenvalue weighted by molar-refractivity contribution is -0.137. The van der Waals surface area contributed by atoms with E-state index in [1.807, 2.05) is 13.8 Å². The summed E-state index contributed by atoms with van der Waals surface area (Å²) >= 11 is 0. The van der Waals surface area contributed by atoms with Crippen molar-refractivity contribution in [2.24, 2.45) is 5.92 Å². The van der Waals surface area contributed by atoms with Crippen LogP contribution in [0.3, 0.4) is 0 Å². The smallest absolute Gasteiger partial charge is 0.225 e. The molecule has 0 saturated carbocycles. The Labute approximate surface area is 137 Å². The fraction of sp³-hybridized carbons (Fsp3) is 0.786. The number of hydrogen-bond donors (Lipinski definition) is 1. The molecule has 1 aromatic heterocycles. The van der Waals surface area contributed by atoms with Crippen molar-refractivity contribution in [3.05, 3.63) is 11.6 Å². The van der Waals surface area contributed by atoms with E-state index in [0.717, 1.165) is 0 Å². The van der Waals surface area contributed by atoms with Crippen molar-refractivity contribution in [2.75, 3.05) is 25.4 Å². The summed E-state index contributed by atoms with van der Waals surface area (Å²) in [5.74, 6) is 0.992. The molecular weight excluding hydrogens is 318 g/mol. The van der Waals surface area contributed by atoms with E-state index >= 15 is 0 Å². The molecule has 0 radical (unpaired) electrons. The molecule has 1 fully saturated rings. The fourth-order valence-corrected chi connectivity index (χ4v) is 3.86. The van der Waals surface area contributed by atoms with Gasteiger partial charge in [-0.1, -0.05) is 13.8 Å². The molecule has 1 atom stereocenters. The van der Waals surface area contributed by atoms with Crippen LogP contribution in [-0.2, 0) is 14.8 Å². The maximum atomic E-state index is 12.6. The van der Waals surface area contributed by atoms with Gasteiger partial charge >= 0.3 is 0 Å². The van der Waals surface area contributed by atoms with Gasteiger partial charge in [0.2, 0.25) is 15.9 Å². The zero-order chi connectivity index (χ0) is 17.2. The summed E-state index contributed by atoms with van der Waals surface area (Å²) in [7, 11) is -3.32. The van der Waals surface area contributed by atoms with Crippen molar-refractivity contribution in [1.29, 1.82) is 0 Å². The van der Waals surface area contributed by atoms with Gasteiger partial charge in [-0.25, -0.2) is 13.4 Å². The van der Waals surface area contributed by atoms with Crippen molar-refractivity contribution in [3.63, 3.8) is 0 Å². The molecule has 2 heterocycles. The van der Waals surface area contributed by atoms with Crippen molar-refractivity contribution in [3.8, 4) is 0 Å². The van der Waals surface area contributed by atoms with Crippen molar-refractivity contribution >= 4 is 15.9 Å². The van der Waals surface area contributed by atoms with Crippen molar-refractivity contribution < 1.29 is 13.2 Å². The lowest BCUT2D eigenvalue weighted by atomic mass is 10.1. The summed E-state index contributed by atoms with van der Waals surface area (Å²) in [6.07, 6.45) is 0.609. The van der Waals surface area contributed by atoms with Crippen molar-refractivity contribution in [1.82, 2.24) is 24.4 Å². The van der Waals surface area contributed by atoms with Crippen LogP contribution < -0.4 is 0 Å². The number of aromatic nitrogens is 3. The van der Waals surface area contributed by atoms with Crippen LogP contribution in [0.4, 0.5) is 0 Å². The van der Waals surface area contributed by atoms with E-state index < -0.39 is 16.1 Å². The molecular formula is C14H25N5O3S. The molecule has 23 heavy (non-hydrogen) atoms. The summed E-state index contributed by atoms with van der Waals surface area (Å²) in [4.78, 5) is 18.6. The summed E-state index contributed by atoms with van der Waals surface area (Å²) < 4.78 is 26.0. The highest BCUT2D eigenvalue weighted by Crippen LogP contribution is 2.26. The molecule has 8 nitrogen and oxygen atoms in total. The highest BCUT2D eigenvalue weighted by Gasteiger charge is 2.36. The third-order valence-electron chi connectivity index (χ3n) is 4.01. The van der Waals surface area contributed by atoms with Gasteiger partial charge in [-0.15, -0.1) is 0 Å². The Balaban J connectivity index is 2.38. The highest BCUT2D eigenvalue weighted by molar-refractivity contribution is 7.89. The molecule has 1 aromatic rings. The average Bonchev–Trinajstić information content (AvgIpc) is 2.80. The van der Waals surface area contributed by atoms with Crippen LogP contribution in [0.1, 0.15) is 44.9 Å². The van der Waals surface area contributed by atoms with E-state index in [1.54, 1.807) is 18.7 Å². The molecule has 1 unspecified atom stereocenters. The van der Waals surface area contributed by atoms with E-state index in [-0.39, 0.29) is 24.1 Å². The third-order valence-corrected chi connectivity index (χ3v) is 5.86. The summed E-state index contributed by atoms with van der Waals surface area (Å²) in [5.41, 5.74) is 0. The largest absolute Gasteiger partial charge is 0.331 e. The van der Waals surface area contributed by atoms with Crippen LogP contribution in [0.15, 0.2) is 0 Å². The molecule has 0 aliphatic carbocycles. The Morgan fingerprint density at radius 3 is 2.61 bits per heavy atom. The zero-order valence-electron chi connectivity index (χ0n) is 14.1. The molecule has 1 saturated heterocycles. The van der Waals surface area contributed by atoms with E-state index in [0.29, 0.717) is 31.2 Å². The normalized spacial score (nSPS) is 20.7. The van der Waals surface area contributed by atoms with Gasteiger partial charge in [-0.05, 0) is 20.3 Å². The number of aromatic amines is 1. The Hall–Kier alpha value is -1.48. The first-order valence-electron chi connectivity index (χ1n) is 7.93. The number of hydrogen-bond acceptors (Lipinski definition) is 5. The number of nitrogens with zero attached hydrogens (tertiary/aromatic N) is 4. The lowest BCUT2D eigenvalue weighted by Crippen LogP contribution is -2.42. The van der Waals surface area contributed by atoms with Crippen LogP contribution in [0.25, 0.3) is 0 Å². The second-order valence-electron chi connectivity index (χ2n) is 6.09. The van der Waals surface area contributed by atoms with Crippen LogP contribution in [0, 0.1) is 12.8 Å². The maximum absolute atomic E-state index is 12.6. The number of rotatable bonds is 4. The molecule has 9 heteroatoms. The van der Waals surface area contributed by atoms with E-state index in [4.69, 9.17) is 0 Å². The van der Waals surface area contributed by atoms with Gasteiger partial charge in [-0.3, -0.25) is 9.89 Å². The quantitative estimate of drug-likeness (QED) is 0.867. The minimum absolute atomic E-state index is 0.00630. The number of carbonyl (C=O) groups excluding carboxylic acids is 1. The first-order chi connectivity index (χ1) is 10.8. The Bertz CT molecular complexity index is 655.